The molecule has 33 heavy (non-hydrogen) atoms. The van der Waals surface area contributed by atoms with Crippen LogP contribution in [0.4, 0.5) is 0 Å². The zero-order chi connectivity index (χ0) is 23.5. The Morgan fingerprint density at radius 3 is 1.73 bits per heavy atom. The highest BCUT2D eigenvalue weighted by molar-refractivity contribution is 6.23. The van der Waals surface area contributed by atoms with Gasteiger partial charge in [-0.3, -0.25) is 29.0 Å². The largest absolute Gasteiger partial charge is 0.464 e. The number of fused-ring (bicyclic) bond motifs is 2. The minimum Gasteiger partial charge on any atom is -0.464 e. The molecule has 1 atom stereocenters. The molecular formula is C25H24N2O6. The first-order valence-electron chi connectivity index (χ1n) is 11.0. The molecule has 0 radical (unpaired) electrons. The number of nitrogens with zero attached hydrogens (tertiary/aromatic N) is 2. The van der Waals surface area contributed by atoms with Gasteiger partial charge in [-0.15, -0.1) is 0 Å². The molecule has 0 spiro atoms. The van der Waals surface area contributed by atoms with Crippen LogP contribution in [0.3, 0.4) is 0 Å². The van der Waals surface area contributed by atoms with E-state index in [1.54, 1.807) is 55.5 Å². The minimum absolute atomic E-state index is 0.137. The Hall–Kier alpha value is -3.81. The predicted molar refractivity (Wildman–Crippen MR) is 118 cm³/mol. The SMILES string of the molecule is CCOC(=O)C(CCCCCN1C(=O)c2ccccc2C1=O)N1C(=O)c2ccccc2C1=O. The Morgan fingerprint density at radius 2 is 1.24 bits per heavy atom. The van der Waals surface area contributed by atoms with E-state index in [2.05, 4.69) is 0 Å². The molecule has 8 nitrogen and oxygen atoms in total. The van der Waals surface area contributed by atoms with Gasteiger partial charge in [-0.1, -0.05) is 37.1 Å². The van der Waals surface area contributed by atoms with Crippen molar-refractivity contribution in [1.82, 2.24) is 9.80 Å². The zero-order valence-electron chi connectivity index (χ0n) is 18.3. The number of unbranched alkanes of at least 4 members (excludes halogenated alkanes) is 2. The summed E-state index contributed by atoms with van der Waals surface area (Å²) in [4.78, 5) is 65.4. The molecular weight excluding hydrogens is 424 g/mol. The van der Waals surface area contributed by atoms with Crippen molar-refractivity contribution in [2.24, 2.45) is 0 Å². The van der Waals surface area contributed by atoms with Crippen molar-refractivity contribution in [3.05, 3.63) is 70.8 Å². The fourth-order valence-corrected chi connectivity index (χ4v) is 4.31. The van der Waals surface area contributed by atoms with Gasteiger partial charge in [0, 0.05) is 6.54 Å². The van der Waals surface area contributed by atoms with Crippen LogP contribution in [0.5, 0.6) is 0 Å². The summed E-state index contributed by atoms with van der Waals surface area (Å²) in [5, 5.41) is 0. The Kier molecular flexibility index (Phi) is 6.35. The number of esters is 1. The Morgan fingerprint density at radius 1 is 0.758 bits per heavy atom. The van der Waals surface area contributed by atoms with E-state index in [-0.39, 0.29) is 42.5 Å². The normalized spacial score (nSPS) is 15.7. The van der Waals surface area contributed by atoms with Crippen molar-refractivity contribution in [1.29, 1.82) is 0 Å². The third kappa shape index (κ3) is 4.04. The second-order valence-corrected chi connectivity index (χ2v) is 7.95. The van der Waals surface area contributed by atoms with Gasteiger partial charge in [-0.05, 0) is 44.0 Å². The van der Waals surface area contributed by atoms with Crippen LogP contribution in [0.2, 0.25) is 0 Å². The molecule has 2 aliphatic heterocycles. The summed E-state index contributed by atoms with van der Waals surface area (Å²) in [5.41, 5.74) is 1.39. The maximum Gasteiger partial charge on any atom is 0.329 e. The van der Waals surface area contributed by atoms with E-state index in [4.69, 9.17) is 4.74 Å². The summed E-state index contributed by atoms with van der Waals surface area (Å²) in [7, 11) is 0. The molecule has 2 heterocycles. The van der Waals surface area contributed by atoms with E-state index >= 15 is 0 Å². The summed E-state index contributed by atoms with van der Waals surface area (Å²) < 4.78 is 5.13. The number of hydrogen-bond acceptors (Lipinski definition) is 6. The van der Waals surface area contributed by atoms with Gasteiger partial charge >= 0.3 is 5.97 Å². The van der Waals surface area contributed by atoms with Gasteiger partial charge in [0.05, 0.1) is 28.9 Å². The van der Waals surface area contributed by atoms with Gasteiger partial charge in [0.1, 0.15) is 6.04 Å². The number of carbonyl (C=O) groups is 5. The van der Waals surface area contributed by atoms with E-state index in [1.165, 1.54) is 4.90 Å². The molecule has 170 valence electrons. The van der Waals surface area contributed by atoms with Crippen molar-refractivity contribution < 1.29 is 28.7 Å². The molecule has 0 bridgehead atoms. The highest BCUT2D eigenvalue weighted by Gasteiger charge is 2.43. The van der Waals surface area contributed by atoms with Crippen LogP contribution in [0.25, 0.3) is 0 Å². The first-order valence-corrected chi connectivity index (χ1v) is 11.0. The molecule has 0 saturated heterocycles. The topological polar surface area (TPSA) is 101 Å². The van der Waals surface area contributed by atoms with Crippen LogP contribution in [-0.2, 0) is 9.53 Å². The number of carbonyl (C=O) groups excluding carboxylic acids is 5. The summed E-state index contributed by atoms with van der Waals surface area (Å²) in [6.07, 6.45) is 1.90. The number of imide groups is 2. The molecule has 4 rings (SSSR count). The van der Waals surface area contributed by atoms with Crippen molar-refractivity contribution in [3.63, 3.8) is 0 Å². The van der Waals surface area contributed by atoms with Crippen LogP contribution < -0.4 is 0 Å². The monoisotopic (exact) mass is 448 g/mol. The average Bonchev–Trinajstić information content (AvgIpc) is 3.22. The fraction of sp³-hybridized carbons (Fsp3) is 0.320. The lowest BCUT2D eigenvalue weighted by Crippen LogP contribution is -2.45. The lowest BCUT2D eigenvalue weighted by Gasteiger charge is -2.24. The number of benzene rings is 2. The quantitative estimate of drug-likeness (QED) is 0.332. The molecule has 0 N–H and O–H groups in total. The van der Waals surface area contributed by atoms with Gasteiger partial charge in [0.25, 0.3) is 23.6 Å². The fourth-order valence-electron chi connectivity index (χ4n) is 4.31. The van der Waals surface area contributed by atoms with Crippen molar-refractivity contribution in [3.8, 4) is 0 Å². The molecule has 2 aliphatic rings. The third-order valence-electron chi connectivity index (χ3n) is 5.93. The lowest BCUT2D eigenvalue weighted by molar-refractivity contribution is -0.148. The second-order valence-electron chi connectivity index (χ2n) is 7.95. The lowest BCUT2D eigenvalue weighted by atomic mass is 10.1. The van der Waals surface area contributed by atoms with Gasteiger partial charge in [-0.25, -0.2) is 4.79 Å². The molecule has 1 unspecified atom stereocenters. The average molecular weight is 448 g/mol. The first-order chi connectivity index (χ1) is 16.0. The number of rotatable bonds is 9. The number of hydrogen-bond donors (Lipinski definition) is 0. The van der Waals surface area contributed by atoms with Crippen molar-refractivity contribution >= 4 is 29.6 Å². The van der Waals surface area contributed by atoms with Crippen LogP contribution in [0, 0.1) is 0 Å². The van der Waals surface area contributed by atoms with Gasteiger partial charge in [0.15, 0.2) is 0 Å². The van der Waals surface area contributed by atoms with E-state index in [0.717, 1.165) is 4.90 Å². The number of amides is 4. The van der Waals surface area contributed by atoms with Crippen molar-refractivity contribution in [2.75, 3.05) is 13.2 Å². The summed E-state index contributed by atoms with van der Waals surface area (Å²) >= 11 is 0. The smallest absolute Gasteiger partial charge is 0.329 e. The van der Waals surface area contributed by atoms with E-state index in [9.17, 15) is 24.0 Å². The van der Waals surface area contributed by atoms with Crippen LogP contribution >= 0.6 is 0 Å². The van der Waals surface area contributed by atoms with Crippen molar-refractivity contribution in [2.45, 2.75) is 38.6 Å². The minimum atomic E-state index is -1.02. The highest BCUT2D eigenvalue weighted by atomic mass is 16.5. The molecule has 4 amide bonds. The molecule has 0 saturated carbocycles. The summed E-state index contributed by atoms with van der Waals surface area (Å²) in [6, 6.07) is 12.2. The highest BCUT2D eigenvalue weighted by Crippen LogP contribution is 2.27. The second kappa shape index (κ2) is 9.36. The molecule has 0 fully saturated rings. The Bertz CT molecular complexity index is 1070. The Labute approximate surface area is 191 Å². The van der Waals surface area contributed by atoms with Gasteiger partial charge in [0.2, 0.25) is 0 Å². The molecule has 0 aliphatic carbocycles. The third-order valence-corrected chi connectivity index (χ3v) is 5.93. The molecule has 8 heteroatoms. The Balaban J connectivity index is 1.36. The zero-order valence-corrected chi connectivity index (χ0v) is 18.3. The van der Waals surface area contributed by atoms with Gasteiger partial charge in [-0.2, -0.15) is 0 Å². The van der Waals surface area contributed by atoms with Gasteiger partial charge < -0.3 is 4.74 Å². The standard InChI is InChI=1S/C25H24N2O6/c1-2-33-25(32)20(27-23(30)18-12-7-8-13-19(18)24(27)31)14-4-3-9-15-26-21(28)16-10-5-6-11-17(16)22(26)29/h5-8,10-13,20H,2-4,9,14-15H2,1H3. The van der Waals surface area contributed by atoms with Crippen LogP contribution in [-0.4, -0.2) is 58.6 Å². The van der Waals surface area contributed by atoms with E-state index in [1.807, 2.05) is 0 Å². The maximum atomic E-state index is 12.8. The molecule has 0 aromatic heterocycles. The van der Waals surface area contributed by atoms with Crippen LogP contribution in [0.1, 0.15) is 74.0 Å². The summed E-state index contributed by atoms with van der Waals surface area (Å²) in [6.45, 7) is 2.07. The van der Waals surface area contributed by atoms with E-state index in [0.29, 0.717) is 30.4 Å². The van der Waals surface area contributed by atoms with Crippen LogP contribution in [0.15, 0.2) is 48.5 Å². The first kappa shape index (κ1) is 22.4. The van der Waals surface area contributed by atoms with E-state index < -0.39 is 23.8 Å². The maximum absolute atomic E-state index is 12.8. The summed E-state index contributed by atoms with van der Waals surface area (Å²) in [5.74, 6) is -2.22. The predicted octanol–water partition coefficient (Wildman–Crippen LogP) is 3.07. The number of ether oxygens (including phenoxy) is 1. The molecule has 2 aromatic carbocycles. The molecule has 2 aromatic rings.